The topological polar surface area (TPSA) is 110 Å². The molecule has 6 nitrogen and oxygen atoms in total. The average molecular weight is 356 g/mol. The summed E-state index contributed by atoms with van der Waals surface area (Å²) in [5, 5.41) is 29.3. The number of hydrogen-bond donors (Lipinski definition) is 3. The number of hydrogen-bond acceptors (Lipinski definition) is 5. The molecule has 0 saturated heterocycles. The van der Waals surface area contributed by atoms with E-state index in [4.69, 9.17) is 10.8 Å². The van der Waals surface area contributed by atoms with Gasteiger partial charge in [-0.2, -0.15) is 0 Å². The standard InChI is InChI=1S/C8H8Br2N2O4/c9-6-5(12(15)16)1-3(4(11)2-13)8(14)7(6)10/h1,4,13-14H,2,11H2/t4-/m0/s1. The zero-order valence-corrected chi connectivity index (χ0v) is 11.0. The minimum absolute atomic E-state index is 0.115. The van der Waals surface area contributed by atoms with Gasteiger partial charge in [0.25, 0.3) is 5.69 Å². The lowest BCUT2D eigenvalue weighted by molar-refractivity contribution is -0.385. The van der Waals surface area contributed by atoms with Gasteiger partial charge in [0.15, 0.2) is 0 Å². The Kier molecular flexibility index (Phi) is 4.25. The zero-order chi connectivity index (χ0) is 12.5. The first-order chi connectivity index (χ1) is 7.40. The molecular weight excluding hydrogens is 348 g/mol. The molecule has 0 aliphatic heterocycles. The van der Waals surface area contributed by atoms with Gasteiger partial charge in [-0.15, -0.1) is 0 Å². The smallest absolute Gasteiger partial charge is 0.285 e. The van der Waals surface area contributed by atoms with Crippen LogP contribution in [0.2, 0.25) is 0 Å². The van der Waals surface area contributed by atoms with Crippen molar-refractivity contribution in [2.45, 2.75) is 6.04 Å². The molecule has 0 spiro atoms. The summed E-state index contributed by atoms with van der Waals surface area (Å²) in [7, 11) is 0. The minimum atomic E-state index is -0.872. The molecular formula is C8H8Br2N2O4. The summed E-state index contributed by atoms with van der Waals surface area (Å²) >= 11 is 5.99. The van der Waals surface area contributed by atoms with Gasteiger partial charge in [0.05, 0.1) is 22.0 Å². The summed E-state index contributed by atoms with van der Waals surface area (Å²) < 4.78 is 0.268. The predicted octanol–water partition coefficient (Wildman–Crippen LogP) is 1.82. The lowest BCUT2D eigenvalue weighted by Crippen LogP contribution is -2.15. The number of aromatic hydroxyl groups is 1. The second-order valence-electron chi connectivity index (χ2n) is 3.01. The minimum Gasteiger partial charge on any atom is -0.506 e. The number of nitrogens with zero attached hydrogens (tertiary/aromatic N) is 1. The highest BCUT2D eigenvalue weighted by Gasteiger charge is 2.23. The maximum atomic E-state index is 10.7. The van der Waals surface area contributed by atoms with Crippen LogP contribution in [0.3, 0.4) is 0 Å². The molecule has 0 unspecified atom stereocenters. The summed E-state index contributed by atoms with van der Waals surface area (Å²) in [5.41, 5.74) is 5.40. The van der Waals surface area contributed by atoms with Gasteiger partial charge < -0.3 is 15.9 Å². The van der Waals surface area contributed by atoms with Crippen molar-refractivity contribution in [2.75, 3.05) is 6.61 Å². The first-order valence-electron chi connectivity index (χ1n) is 4.11. The Hall–Kier alpha value is -0.700. The average Bonchev–Trinajstić information content (AvgIpc) is 2.25. The summed E-state index contributed by atoms with van der Waals surface area (Å²) in [6.07, 6.45) is 0. The van der Waals surface area contributed by atoms with Crippen LogP contribution in [0.5, 0.6) is 5.75 Å². The van der Waals surface area contributed by atoms with Crippen LogP contribution < -0.4 is 5.73 Å². The highest BCUT2D eigenvalue weighted by molar-refractivity contribution is 9.13. The SMILES string of the molecule is N[C@@H](CO)c1cc([N+](=O)[O-])c(Br)c(Br)c1O. The third-order valence-corrected chi connectivity index (χ3v) is 4.09. The van der Waals surface area contributed by atoms with E-state index in [2.05, 4.69) is 31.9 Å². The third-order valence-electron chi connectivity index (χ3n) is 1.98. The fourth-order valence-electron chi connectivity index (χ4n) is 1.14. The first kappa shape index (κ1) is 13.4. The highest BCUT2D eigenvalue weighted by atomic mass is 79.9. The lowest BCUT2D eigenvalue weighted by Gasteiger charge is -2.12. The normalized spacial score (nSPS) is 12.5. The number of phenolic OH excluding ortho intramolecular Hbond substituents is 1. The second-order valence-corrected chi connectivity index (χ2v) is 4.59. The van der Waals surface area contributed by atoms with Gasteiger partial charge in [0.1, 0.15) is 10.2 Å². The van der Waals surface area contributed by atoms with E-state index in [1.54, 1.807) is 0 Å². The van der Waals surface area contributed by atoms with Crippen molar-refractivity contribution >= 4 is 37.5 Å². The van der Waals surface area contributed by atoms with E-state index < -0.39 is 17.6 Å². The number of aliphatic hydroxyl groups excluding tert-OH is 1. The van der Waals surface area contributed by atoms with E-state index in [9.17, 15) is 15.2 Å². The van der Waals surface area contributed by atoms with Crippen LogP contribution in [-0.4, -0.2) is 21.7 Å². The number of aliphatic hydroxyl groups is 1. The molecule has 4 N–H and O–H groups in total. The molecule has 1 aromatic carbocycles. The molecule has 0 aromatic heterocycles. The molecule has 0 bridgehead atoms. The van der Waals surface area contributed by atoms with E-state index in [-0.39, 0.29) is 25.9 Å². The van der Waals surface area contributed by atoms with Gasteiger partial charge in [-0.1, -0.05) is 0 Å². The van der Waals surface area contributed by atoms with E-state index in [1.165, 1.54) is 0 Å². The van der Waals surface area contributed by atoms with Crippen LogP contribution in [-0.2, 0) is 0 Å². The Bertz CT molecular complexity index is 439. The Morgan fingerprint density at radius 1 is 1.50 bits per heavy atom. The quantitative estimate of drug-likeness (QED) is 0.565. The molecule has 1 aromatic rings. The van der Waals surface area contributed by atoms with Crippen LogP contribution in [0.25, 0.3) is 0 Å². The van der Waals surface area contributed by atoms with E-state index in [0.29, 0.717) is 0 Å². The van der Waals surface area contributed by atoms with Gasteiger partial charge in [0.2, 0.25) is 0 Å². The van der Waals surface area contributed by atoms with E-state index >= 15 is 0 Å². The van der Waals surface area contributed by atoms with Crippen LogP contribution in [0.1, 0.15) is 11.6 Å². The van der Waals surface area contributed by atoms with Gasteiger partial charge in [-0.3, -0.25) is 10.1 Å². The second kappa shape index (κ2) is 5.09. The number of benzene rings is 1. The molecule has 8 heteroatoms. The maximum absolute atomic E-state index is 10.7. The van der Waals surface area contributed by atoms with Crippen LogP contribution in [0.15, 0.2) is 15.0 Å². The molecule has 0 radical (unpaired) electrons. The number of nitro benzene ring substituents is 1. The molecule has 16 heavy (non-hydrogen) atoms. The molecule has 0 aliphatic carbocycles. The van der Waals surface area contributed by atoms with Crippen molar-refractivity contribution < 1.29 is 15.1 Å². The Morgan fingerprint density at radius 2 is 2.06 bits per heavy atom. The van der Waals surface area contributed by atoms with Crippen molar-refractivity contribution in [3.8, 4) is 5.75 Å². The van der Waals surface area contributed by atoms with E-state index in [1.807, 2.05) is 0 Å². The van der Waals surface area contributed by atoms with E-state index in [0.717, 1.165) is 6.07 Å². The Morgan fingerprint density at radius 3 is 2.50 bits per heavy atom. The molecule has 0 aliphatic rings. The maximum Gasteiger partial charge on any atom is 0.285 e. The molecule has 0 fully saturated rings. The fourth-order valence-corrected chi connectivity index (χ4v) is 2.02. The van der Waals surface area contributed by atoms with Crippen LogP contribution >= 0.6 is 31.9 Å². The fraction of sp³-hybridized carbons (Fsp3) is 0.250. The van der Waals surface area contributed by atoms with Crippen molar-refractivity contribution in [1.29, 1.82) is 0 Å². The summed E-state index contributed by atoms with van der Waals surface area (Å²) in [5.74, 6) is -0.223. The monoisotopic (exact) mass is 354 g/mol. The highest BCUT2D eigenvalue weighted by Crippen LogP contribution is 2.42. The molecule has 1 rings (SSSR count). The summed E-state index contributed by atoms with van der Waals surface area (Å²) in [6, 6.07) is 0.258. The third kappa shape index (κ3) is 2.34. The van der Waals surface area contributed by atoms with Gasteiger partial charge in [0, 0.05) is 11.6 Å². The number of nitrogens with two attached hydrogens (primary N) is 1. The molecule has 0 heterocycles. The first-order valence-corrected chi connectivity index (χ1v) is 5.70. The van der Waals surface area contributed by atoms with Gasteiger partial charge in [-0.25, -0.2) is 0 Å². The number of halogens is 2. The molecule has 0 amide bonds. The molecule has 1 atom stereocenters. The number of rotatable bonds is 3. The summed E-state index contributed by atoms with van der Waals surface area (Å²) in [6.45, 7) is -0.418. The zero-order valence-electron chi connectivity index (χ0n) is 7.85. The Balaban J connectivity index is 3.47. The van der Waals surface area contributed by atoms with Crippen LogP contribution in [0, 0.1) is 10.1 Å². The van der Waals surface area contributed by atoms with Crippen molar-refractivity contribution in [3.05, 3.63) is 30.7 Å². The predicted molar refractivity (Wildman–Crippen MR) is 64.2 cm³/mol. The molecule has 88 valence electrons. The summed E-state index contributed by atoms with van der Waals surface area (Å²) in [4.78, 5) is 10.1. The van der Waals surface area contributed by atoms with Crippen molar-refractivity contribution in [2.24, 2.45) is 5.73 Å². The van der Waals surface area contributed by atoms with Crippen LogP contribution in [0.4, 0.5) is 5.69 Å². The number of phenols is 1. The Labute approximate surface area is 107 Å². The number of nitro groups is 1. The largest absolute Gasteiger partial charge is 0.506 e. The van der Waals surface area contributed by atoms with Gasteiger partial charge >= 0.3 is 0 Å². The molecule has 0 saturated carbocycles. The van der Waals surface area contributed by atoms with Crippen molar-refractivity contribution in [1.82, 2.24) is 0 Å². The van der Waals surface area contributed by atoms with Crippen molar-refractivity contribution in [3.63, 3.8) is 0 Å². The lowest BCUT2D eigenvalue weighted by atomic mass is 10.1. The van der Waals surface area contributed by atoms with Gasteiger partial charge in [-0.05, 0) is 31.9 Å².